The van der Waals surface area contributed by atoms with Gasteiger partial charge < -0.3 is 9.47 Å². The summed E-state index contributed by atoms with van der Waals surface area (Å²) >= 11 is 0. The Balaban J connectivity index is 1.45. The molecule has 176 valence electrons. The first-order chi connectivity index (χ1) is 16.0. The zero-order valence-corrected chi connectivity index (χ0v) is 21.5. The first-order valence-corrected chi connectivity index (χ1v) is 12.1. The molecule has 0 spiro atoms. The molecule has 0 heterocycles. The van der Waals surface area contributed by atoms with Crippen molar-refractivity contribution in [1.82, 2.24) is 0 Å². The first-order valence-electron chi connectivity index (χ1n) is 12.1. The van der Waals surface area contributed by atoms with Crippen LogP contribution in [0.1, 0.15) is 63.3 Å². The van der Waals surface area contributed by atoms with Crippen molar-refractivity contribution in [2.24, 2.45) is 5.41 Å². The molecular weight excluding hydrogens is 416 g/mol. The van der Waals surface area contributed by atoms with Gasteiger partial charge in [0.2, 0.25) is 0 Å². The zero-order chi connectivity index (χ0) is 24.5. The highest BCUT2D eigenvalue weighted by Gasteiger charge is 2.25. The monoisotopic (exact) mass is 452 g/mol. The molecular formula is C32H36O2. The van der Waals surface area contributed by atoms with Crippen LogP contribution in [-0.2, 0) is 5.41 Å². The maximum Gasteiger partial charge on any atom is 0.127 e. The fourth-order valence-electron chi connectivity index (χ4n) is 4.15. The van der Waals surface area contributed by atoms with Crippen LogP contribution >= 0.6 is 0 Å². The van der Waals surface area contributed by atoms with Crippen molar-refractivity contribution in [3.8, 4) is 17.2 Å². The Kier molecular flexibility index (Phi) is 6.45. The van der Waals surface area contributed by atoms with Gasteiger partial charge in [0.05, 0.1) is 0 Å². The number of rotatable bonds is 6. The van der Waals surface area contributed by atoms with Gasteiger partial charge in [0, 0.05) is 5.41 Å². The fourth-order valence-corrected chi connectivity index (χ4v) is 4.15. The Hall–Kier alpha value is -3.26. The lowest BCUT2D eigenvalue weighted by Gasteiger charge is -2.29. The molecule has 3 aromatic rings. The van der Waals surface area contributed by atoms with E-state index in [2.05, 4.69) is 121 Å². The molecule has 0 amide bonds. The molecule has 1 aliphatic carbocycles. The summed E-state index contributed by atoms with van der Waals surface area (Å²) in [5.74, 6) is 3.51. The van der Waals surface area contributed by atoms with E-state index in [0.29, 0.717) is 0 Å². The summed E-state index contributed by atoms with van der Waals surface area (Å²) in [6.07, 6.45) is 5.34. The Morgan fingerprint density at radius 1 is 0.676 bits per heavy atom. The van der Waals surface area contributed by atoms with Crippen LogP contribution < -0.4 is 9.47 Å². The third-order valence-electron chi connectivity index (χ3n) is 7.34. The predicted molar refractivity (Wildman–Crippen MR) is 142 cm³/mol. The van der Waals surface area contributed by atoms with Crippen LogP contribution in [0.25, 0.3) is 0 Å². The third-order valence-corrected chi connectivity index (χ3v) is 7.34. The van der Waals surface area contributed by atoms with Crippen LogP contribution in [0.3, 0.4) is 0 Å². The van der Waals surface area contributed by atoms with Crippen molar-refractivity contribution in [3.63, 3.8) is 0 Å². The SMILES string of the molecule is CC1=CC(Oc2ccc(C(C)(C)c3ccc(Oc4ccc(C)c(C)c4)cc3)cc2)=CCC1(C)C. The van der Waals surface area contributed by atoms with E-state index in [1.54, 1.807) is 0 Å². The lowest BCUT2D eigenvalue weighted by atomic mass is 9.78. The molecule has 0 radical (unpaired) electrons. The Bertz CT molecular complexity index is 1220. The van der Waals surface area contributed by atoms with Crippen LogP contribution in [0.4, 0.5) is 0 Å². The minimum atomic E-state index is -0.137. The highest BCUT2D eigenvalue weighted by molar-refractivity contribution is 5.44. The standard InChI is InChI=1S/C32H36O2/c1-22-8-13-29(20-23(22)2)33-27-14-9-25(10-15-27)32(6,7)26-11-16-28(17-12-26)34-30-18-19-31(4,5)24(3)21-30/h8-18,20-21H,19H2,1-7H3. The average molecular weight is 453 g/mol. The number of aryl methyl sites for hydroxylation is 2. The van der Waals surface area contributed by atoms with Crippen LogP contribution in [0.15, 0.2) is 90.2 Å². The van der Waals surface area contributed by atoms with E-state index >= 15 is 0 Å². The molecule has 1 aliphatic rings. The van der Waals surface area contributed by atoms with Gasteiger partial charge >= 0.3 is 0 Å². The van der Waals surface area contributed by atoms with Gasteiger partial charge in [-0.05, 0) is 103 Å². The van der Waals surface area contributed by atoms with Gasteiger partial charge in [0.1, 0.15) is 23.0 Å². The maximum absolute atomic E-state index is 6.15. The fraction of sp³-hybridized carbons (Fsp3) is 0.312. The number of benzene rings is 3. The summed E-state index contributed by atoms with van der Waals surface area (Å²) in [5.41, 5.74) is 6.41. The summed E-state index contributed by atoms with van der Waals surface area (Å²) in [6.45, 7) is 15.4. The maximum atomic E-state index is 6.15. The number of ether oxygens (including phenoxy) is 2. The van der Waals surface area contributed by atoms with Gasteiger partial charge in [0.25, 0.3) is 0 Å². The van der Waals surface area contributed by atoms with Gasteiger partial charge in [0.15, 0.2) is 0 Å². The van der Waals surface area contributed by atoms with Gasteiger partial charge in [-0.3, -0.25) is 0 Å². The molecule has 0 N–H and O–H groups in total. The molecule has 2 heteroatoms. The van der Waals surface area contributed by atoms with Crippen molar-refractivity contribution < 1.29 is 9.47 Å². The summed E-state index contributed by atoms with van der Waals surface area (Å²) < 4.78 is 12.2. The summed E-state index contributed by atoms with van der Waals surface area (Å²) in [6, 6.07) is 23.1. The molecule has 0 aromatic heterocycles. The van der Waals surface area contributed by atoms with E-state index < -0.39 is 0 Å². The van der Waals surface area contributed by atoms with Gasteiger partial charge in [-0.15, -0.1) is 0 Å². The summed E-state index contributed by atoms with van der Waals surface area (Å²) in [5, 5.41) is 0. The van der Waals surface area contributed by atoms with Crippen molar-refractivity contribution in [2.75, 3.05) is 0 Å². The molecule has 0 unspecified atom stereocenters. The Morgan fingerprint density at radius 2 is 1.21 bits per heavy atom. The Labute approximate surface area is 204 Å². The van der Waals surface area contributed by atoms with E-state index in [4.69, 9.17) is 9.47 Å². The summed E-state index contributed by atoms with van der Waals surface area (Å²) in [7, 11) is 0. The summed E-state index contributed by atoms with van der Waals surface area (Å²) in [4.78, 5) is 0. The minimum absolute atomic E-state index is 0.137. The predicted octanol–water partition coefficient (Wildman–Crippen LogP) is 9.06. The zero-order valence-electron chi connectivity index (χ0n) is 21.5. The molecule has 0 saturated carbocycles. The van der Waals surface area contributed by atoms with Gasteiger partial charge in [-0.25, -0.2) is 0 Å². The highest BCUT2D eigenvalue weighted by Crippen LogP contribution is 2.37. The van der Waals surface area contributed by atoms with Gasteiger partial charge in [-0.2, -0.15) is 0 Å². The second-order valence-electron chi connectivity index (χ2n) is 10.6. The molecule has 0 fully saturated rings. The van der Waals surface area contributed by atoms with Crippen LogP contribution in [0, 0.1) is 19.3 Å². The molecule has 0 saturated heterocycles. The Morgan fingerprint density at radius 3 is 1.74 bits per heavy atom. The first kappa shape index (κ1) is 23.9. The molecule has 3 aromatic carbocycles. The van der Waals surface area contributed by atoms with E-state index in [9.17, 15) is 0 Å². The lowest BCUT2D eigenvalue weighted by Crippen LogP contribution is -2.18. The van der Waals surface area contributed by atoms with Crippen molar-refractivity contribution in [1.29, 1.82) is 0 Å². The van der Waals surface area contributed by atoms with Crippen molar-refractivity contribution in [2.45, 2.75) is 60.3 Å². The number of allylic oxidation sites excluding steroid dienone is 3. The molecule has 0 bridgehead atoms. The van der Waals surface area contributed by atoms with E-state index in [-0.39, 0.29) is 10.8 Å². The smallest absolute Gasteiger partial charge is 0.127 e. The van der Waals surface area contributed by atoms with Crippen LogP contribution in [-0.4, -0.2) is 0 Å². The second kappa shape index (κ2) is 9.18. The lowest BCUT2D eigenvalue weighted by molar-refractivity contribution is 0.395. The van der Waals surface area contributed by atoms with E-state index in [0.717, 1.165) is 29.4 Å². The molecule has 0 atom stereocenters. The van der Waals surface area contributed by atoms with Crippen molar-refractivity contribution >= 4 is 0 Å². The number of hydrogen-bond acceptors (Lipinski definition) is 2. The van der Waals surface area contributed by atoms with Crippen LogP contribution in [0.5, 0.6) is 17.2 Å². The van der Waals surface area contributed by atoms with Crippen molar-refractivity contribution in [3.05, 3.63) is 112 Å². The quantitative estimate of drug-likeness (QED) is 0.371. The van der Waals surface area contributed by atoms with E-state index in [1.165, 1.54) is 27.8 Å². The average Bonchev–Trinajstić information content (AvgIpc) is 2.80. The molecule has 0 aliphatic heterocycles. The topological polar surface area (TPSA) is 18.5 Å². The molecule has 2 nitrogen and oxygen atoms in total. The van der Waals surface area contributed by atoms with Gasteiger partial charge in [-0.1, -0.05) is 63.6 Å². The second-order valence-corrected chi connectivity index (χ2v) is 10.6. The highest BCUT2D eigenvalue weighted by atomic mass is 16.5. The normalized spacial score (nSPS) is 15.4. The third kappa shape index (κ3) is 5.12. The van der Waals surface area contributed by atoms with E-state index in [1.807, 2.05) is 6.07 Å². The largest absolute Gasteiger partial charge is 0.458 e. The minimum Gasteiger partial charge on any atom is -0.458 e. The van der Waals surface area contributed by atoms with Crippen LogP contribution in [0.2, 0.25) is 0 Å². The number of hydrogen-bond donors (Lipinski definition) is 0. The molecule has 4 rings (SSSR count). The molecule has 34 heavy (non-hydrogen) atoms.